The lowest BCUT2D eigenvalue weighted by atomic mass is 10.1. The summed E-state index contributed by atoms with van der Waals surface area (Å²) in [5.41, 5.74) is 2.66. The summed E-state index contributed by atoms with van der Waals surface area (Å²) in [6.07, 6.45) is 2.51. The molecule has 0 amide bonds. The first-order chi connectivity index (χ1) is 9.11. The zero-order chi connectivity index (χ0) is 14.1. The van der Waals surface area contributed by atoms with Crippen molar-refractivity contribution in [1.82, 2.24) is 5.32 Å². The predicted molar refractivity (Wildman–Crippen MR) is 82.4 cm³/mol. The van der Waals surface area contributed by atoms with Gasteiger partial charge in [-0.15, -0.1) is 0 Å². The molecule has 1 aromatic carbocycles. The number of nitrogens with one attached hydrogen (secondary N) is 1. The van der Waals surface area contributed by atoms with Crippen molar-refractivity contribution in [3.63, 3.8) is 0 Å². The molecule has 0 aliphatic carbocycles. The number of hydrogen-bond donors (Lipinski definition) is 1. The van der Waals surface area contributed by atoms with Crippen LogP contribution in [0.1, 0.15) is 45.2 Å². The van der Waals surface area contributed by atoms with Gasteiger partial charge in [-0.05, 0) is 49.9 Å². The van der Waals surface area contributed by atoms with E-state index in [0.717, 1.165) is 38.5 Å². The van der Waals surface area contributed by atoms with Gasteiger partial charge in [0.05, 0.1) is 12.7 Å². The molecule has 108 valence electrons. The highest BCUT2D eigenvalue weighted by atomic mass is 16.5. The molecule has 2 nitrogen and oxygen atoms in total. The van der Waals surface area contributed by atoms with Crippen LogP contribution in [0.25, 0.3) is 0 Å². The minimum absolute atomic E-state index is 0.347. The standard InChI is InChI=1S/C17H29NO/c1-5-15(4)19-13-17-8-6-16(7-9-17)10-11-18-12-14(2)3/h6-9,14-15,18H,5,10-13H2,1-4H3. The van der Waals surface area contributed by atoms with E-state index in [1.54, 1.807) is 0 Å². The van der Waals surface area contributed by atoms with Crippen molar-refractivity contribution in [3.05, 3.63) is 35.4 Å². The van der Waals surface area contributed by atoms with E-state index in [1.807, 2.05) is 0 Å². The average Bonchev–Trinajstić information content (AvgIpc) is 2.42. The van der Waals surface area contributed by atoms with Crippen LogP contribution < -0.4 is 5.32 Å². The molecule has 0 saturated heterocycles. The Hall–Kier alpha value is -0.860. The summed E-state index contributed by atoms with van der Waals surface area (Å²) in [4.78, 5) is 0. The first-order valence-corrected chi connectivity index (χ1v) is 7.52. The third kappa shape index (κ3) is 7.34. The van der Waals surface area contributed by atoms with E-state index in [-0.39, 0.29) is 0 Å². The van der Waals surface area contributed by atoms with Crippen molar-refractivity contribution >= 4 is 0 Å². The molecule has 1 rings (SSSR count). The Bertz CT molecular complexity index is 332. The van der Waals surface area contributed by atoms with Crippen LogP contribution in [-0.4, -0.2) is 19.2 Å². The molecule has 1 unspecified atom stereocenters. The quantitative estimate of drug-likeness (QED) is 0.684. The Morgan fingerprint density at radius 2 is 1.68 bits per heavy atom. The van der Waals surface area contributed by atoms with E-state index < -0.39 is 0 Å². The van der Waals surface area contributed by atoms with Crippen molar-refractivity contribution < 1.29 is 4.74 Å². The maximum Gasteiger partial charge on any atom is 0.0720 e. The Kier molecular flexibility index (Phi) is 7.76. The van der Waals surface area contributed by atoms with Crippen LogP contribution in [-0.2, 0) is 17.8 Å². The Morgan fingerprint density at radius 1 is 1.05 bits per heavy atom. The van der Waals surface area contributed by atoms with Gasteiger partial charge >= 0.3 is 0 Å². The van der Waals surface area contributed by atoms with Crippen LogP contribution in [0.4, 0.5) is 0 Å². The van der Waals surface area contributed by atoms with Crippen molar-refractivity contribution in [2.24, 2.45) is 5.92 Å². The summed E-state index contributed by atoms with van der Waals surface area (Å²) in [6, 6.07) is 8.79. The molecule has 1 aromatic rings. The highest BCUT2D eigenvalue weighted by molar-refractivity contribution is 5.22. The summed E-state index contributed by atoms with van der Waals surface area (Å²) < 4.78 is 5.73. The van der Waals surface area contributed by atoms with Gasteiger partial charge in [0, 0.05) is 0 Å². The van der Waals surface area contributed by atoms with Crippen molar-refractivity contribution in [3.8, 4) is 0 Å². The number of hydrogen-bond acceptors (Lipinski definition) is 2. The highest BCUT2D eigenvalue weighted by Gasteiger charge is 2.00. The van der Waals surface area contributed by atoms with Gasteiger partial charge in [0.25, 0.3) is 0 Å². The second-order valence-corrected chi connectivity index (χ2v) is 5.69. The maximum absolute atomic E-state index is 5.73. The van der Waals surface area contributed by atoms with E-state index in [2.05, 4.69) is 57.3 Å². The second-order valence-electron chi connectivity index (χ2n) is 5.69. The molecule has 0 fully saturated rings. The molecule has 0 aliphatic rings. The van der Waals surface area contributed by atoms with Gasteiger partial charge in [-0.3, -0.25) is 0 Å². The van der Waals surface area contributed by atoms with E-state index in [4.69, 9.17) is 4.74 Å². The van der Waals surface area contributed by atoms with Crippen LogP contribution in [0.3, 0.4) is 0 Å². The second kappa shape index (κ2) is 9.11. The Labute approximate surface area is 118 Å². The number of ether oxygens (including phenoxy) is 1. The fraction of sp³-hybridized carbons (Fsp3) is 0.647. The molecule has 0 radical (unpaired) electrons. The zero-order valence-corrected chi connectivity index (χ0v) is 12.9. The molecule has 0 aliphatic heterocycles. The van der Waals surface area contributed by atoms with Crippen molar-refractivity contribution in [1.29, 1.82) is 0 Å². The van der Waals surface area contributed by atoms with Crippen LogP contribution in [0.5, 0.6) is 0 Å². The molecule has 1 atom stereocenters. The zero-order valence-electron chi connectivity index (χ0n) is 12.9. The topological polar surface area (TPSA) is 21.3 Å². The lowest BCUT2D eigenvalue weighted by Crippen LogP contribution is -2.22. The van der Waals surface area contributed by atoms with Gasteiger partial charge in [-0.2, -0.15) is 0 Å². The molecular weight excluding hydrogens is 234 g/mol. The molecule has 0 heterocycles. The molecule has 0 bridgehead atoms. The van der Waals surface area contributed by atoms with Gasteiger partial charge < -0.3 is 10.1 Å². The monoisotopic (exact) mass is 263 g/mol. The highest BCUT2D eigenvalue weighted by Crippen LogP contribution is 2.08. The molecule has 0 saturated carbocycles. The summed E-state index contributed by atoms with van der Waals surface area (Å²) in [6.45, 7) is 11.6. The minimum atomic E-state index is 0.347. The van der Waals surface area contributed by atoms with Gasteiger partial charge in [-0.1, -0.05) is 45.0 Å². The van der Waals surface area contributed by atoms with Crippen molar-refractivity contribution in [2.45, 2.75) is 53.2 Å². The first kappa shape index (κ1) is 16.2. The molecule has 19 heavy (non-hydrogen) atoms. The lowest BCUT2D eigenvalue weighted by molar-refractivity contribution is 0.0508. The lowest BCUT2D eigenvalue weighted by Gasteiger charge is -2.11. The normalized spacial score (nSPS) is 12.9. The van der Waals surface area contributed by atoms with E-state index in [0.29, 0.717) is 6.10 Å². The van der Waals surface area contributed by atoms with E-state index in [1.165, 1.54) is 11.1 Å². The van der Waals surface area contributed by atoms with Crippen molar-refractivity contribution in [2.75, 3.05) is 13.1 Å². The molecular formula is C17H29NO. The Balaban J connectivity index is 2.27. The summed E-state index contributed by atoms with van der Waals surface area (Å²) >= 11 is 0. The molecule has 0 spiro atoms. The van der Waals surface area contributed by atoms with Gasteiger partial charge in [-0.25, -0.2) is 0 Å². The largest absolute Gasteiger partial charge is 0.374 e. The SMILES string of the molecule is CCC(C)OCc1ccc(CCNCC(C)C)cc1. The van der Waals surface area contributed by atoms with Crippen LogP contribution in [0.2, 0.25) is 0 Å². The third-order valence-electron chi connectivity index (χ3n) is 3.28. The minimum Gasteiger partial charge on any atom is -0.374 e. The maximum atomic E-state index is 5.73. The van der Waals surface area contributed by atoms with E-state index in [9.17, 15) is 0 Å². The fourth-order valence-electron chi connectivity index (χ4n) is 1.78. The van der Waals surface area contributed by atoms with Crippen LogP contribution in [0, 0.1) is 5.92 Å². The smallest absolute Gasteiger partial charge is 0.0720 e. The van der Waals surface area contributed by atoms with Gasteiger partial charge in [0.1, 0.15) is 0 Å². The molecule has 1 N–H and O–H groups in total. The summed E-state index contributed by atoms with van der Waals surface area (Å²) in [5.74, 6) is 0.722. The summed E-state index contributed by atoms with van der Waals surface area (Å²) in [7, 11) is 0. The first-order valence-electron chi connectivity index (χ1n) is 7.52. The van der Waals surface area contributed by atoms with Gasteiger partial charge in [0.2, 0.25) is 0 Å². The van der Waals surface area contributed by atoms with E-state index >= 15 is 0 Å². The van der Waals surface area contributed by atoms with Crippen LogP contribution in [0.15, 0.2) is 24.3 Å². The third-order valence-corrected chi connectivity index (χ3v) is 3.28. The van der Waals surface area contributed by atoms with Gasteiger partial charge in [0.15, 0.2) is 0 Å². The fourth-order valence-corrected chi connectivity index (χ4v) is 1.78. The molecule has 0 aromatic heterocycles. The van der Waals surface area contributed by atoms with Crippen LogP contribution >= 0.6 is 0 Å². The summed E-state index contributed by atoms with van der Waals surface area (Å²) in [5, 5.41) is 3.47. The molecule has 2 heteroatoms. The average molecular weight is 263 g/mol. The Morgan fingerprint density at radius 3 is 2.26 bits per heavy atom. The number of rotatable bonds is 9. The predicted octanol–water partition coefficient (Wildman–Crippen LogP) is 3.79. The number of benzene rings is 1.